The summed E-state index contributed by atoms with van der Waals surface area (Å²) in [4.78, 5) is 15.6. The molecule has 2 aromatic rings. The first-order chi connectivity index (χ1) is 12.1. The van der Waals surface area contributed by atoms with Gasteiger partial charge in [-0.1, -0.05) is 23.8 Å². The van der Waals surface area contributed by atoms with Crippen molar-refractivity contribution in [2.75, 3.05) is 36.0 Å². The number of hydrogen-bond acceptors (Lipinski definition) is 4. The van der Waals surface area contributed by atoms with Crippen molar-refractivity contribution in [2.45, 2.75) is 24.7 Å². The van der Waals surface area contributed by atoms with Gasteiger partial charge in [-0.25, -0.2) is 0 Å². The molecule has 0 fully saturated rings. The van der Waals surface area contributed by atoms with Gasteiger partial charge in [-0.2, -0.15) is 0 Å². The van der Waals surface area contributed by atoms with Crippen LogP contribution < -0.4 is 16.0 Å². The number of thioether (sulfide) groups is 1. The lowest BCUT2D eigenvalue weighted by atomic mass is 10.00. The third-order valence-electron chi connectivity index (χ3n) is 4.43. The molecule has 1 heterocycles. The number of nitrogens with two attached hydrogens (primary N) is 1. The van der Waals surface area contributed by atoms with Gasteiger partial charge in [0, 0.05) is 35.1 Å². The van der Waals surface area contributed by atoms with Crippen LogP contribution in [0.5, 0.6) is 0 Å². The molecule has 132 valence electrons. The van der Waals surface area contributed by atoms with E-state index in [9.17, 15) is 4.79 Å². The zero-order chi connectivity index (χ0) is 17.6. The van der Waals surface area contributed by atoms with E-state index in [0.29, 0.717) is 13.1 Å². The molecule has 0 atom stereocenters. The second-order valence-electron chi connectivity index (χ2n) is 6.38. The fourth-order valence-corrected chi connectivity index (χ4v) is 3.88. The first-order valence-electron chi connectivity index (χ1n) is 8.72. The van der Waals surface area contributed by atoms with Crippen molar-refractivity contribution < 1.29 is 4.79 Å². The smallest absolute Gasteiger partial charge is 0.239 e. The Hall–Kier alpha value is -2.14. The average Bonchev–Trinajstić information content (AvgIpc) is 2.61. The maximum atomic E-state index is 12.3. The van der Waals surface area contributed by atoms with Crippen LogP contribution in [0.15, 0.2) is 47.4 Å². The Balaban J connectivity index is 1.46. The Bertz CT molecular complexity index is 730. The lowest BCUT2D eigenvalue weighted by Gasteiger charge is -2.31. The minimum Gasteiger partial charge on any atom is -0.398 e. The number of fused-ring (bicyclic) bond motifs is 1. The van der Waals surface area contributed by atoms with E-state index in [-0.39, 0.29) is 5.91 Å². The van der Waals surface area contributed by atoms with Crippen molar-refractivity contribution in [3.05, 3.63) is 53.6 Å². The number of nitrogens with one attached hydrogen (secondary N) is 1. The molecule has 0 spiro atoms. The van der Waals surface area contributed by atoms with E-state index < -0.39 is 0 Å². The van der Waals surface area contributed by atoms with Crippen molar-refractivity contribution >= 4 is 29.0 Å². The van der Waals surface area contributed by atoms with Crippen LogP contribution in [-0.2, 0) is 11.2 Å². The standard InChI is InChI=1S/C20H25N3OS/c1-15-7-9-16(10-8-15)25-13-11-22-20(24)14-23-12-3-4-17-18(21)5-2-6-19(17)23/h2,5-10H,3-4,11-14,21H2,1H3,(H,22,24). The lowest BCUT2D eigenvalue weighted by molar-refractivity contribution is -0.119. The second-order valence-corrected chi connectivity index (χ2v) is 7.55. The Labute approximate surface area is 153 Å². The molecule has 4 nitrogen and oxygen atoms in total. The molecule has 3 N–H and O–H groups in total. The van der Waals surface area contributed by atoms with Crippen molar-refractivity contribution in [3.63, 3.8) is 0 Å². The zero-order valence-corrected chi connectivity index (χ0v) is 15.4. The van der Waals surface area contributed by atoms with Gasteiger partial charge in [-0.15, -0.1) is 11.8 Å². The van der Waals surface area contributed by atoms with Crippen LogP contribution in [0.3, 0.4) is 0 Å². The van der Waals surface area contributed by atoms with E-state index in [1.807, 2.05) is 12.1 Å². The molecule has 0 bridgehead atoms. The molecule has 25 heavy (non-hydrogen) atoms. The minimum atomic E-state index is 0.0692. The van der Waals surface area contributed by atoms with Crippen LogP contribution in [-0.4, -0.2) is 31.3 Å². The Morgan fingerprint density at radius 3 is 2.84 bits per heavy atom. The number of nitrogen functional groups attached to an aromatic ring is 1. The van der Waals surface area contributed by atoms with Crippen LogP contribution in [0.25, 0.3) is 0 Å². The number of benzene rings is 2. The van der Waals surface area contributed by atoms with Crippen molar-refractivity contribution in [3.8, 4) is 0 Å². The lowest BCUT2D eigenvalue weighted by Crippen LogP contribution is -2.40. The molecule has 5 heteroatoms. The summed E-state index contributed by atoms with van der Waals surface area (Å²) in [6, 6.07) is 14.4. The second kappa shape index (κ2) is 8.30. The summed E-state index contributed by atoms with van der Waals surface area (Å²) < 4.78 is 0. The number of aryl methyl sites for hydroxylation is 1. The largest absolute Gasteiger partial charge is 0.398 e. The molecule has 0 saturated heterocycles. The topological polar surface area (TPSA) is 58.4 Å². The molecule has 0 saturated carbocycles. The van der Waals surface area contributed by atoms with Gasteiger partial charge in [0.05, 0.1) is 6.54 Å². The van der Waals surface area contributed by atoms with Gasteiger partial charge < -0.3 is 16.0 Å². The van der Waals surface area contributed by atoms with Crippen LogP contribution >= 0.6 is 11.8 Å². The number of hydrogen-bond donors (Lipinski definition) is 2. The van der Waals surface area contributed by atoms with Crippen molar-refractivity contribution in [1.82, 2.24) is 5.32 Å². The number of amides is 1. The summed E-state index contributed by atoms with van der Waals surface area (Å²) in [5.74, 6) is 0.943. The summed E-state index contributed by atoms with van der Waals surface area (Å²) in [5.41, 5.74) is 10.4. The Morgan fingerprint density at radius 1 is 1.24 bits per heavy atom. The van der Waals surface area contributed by atoms with Gasteiger partial charge in [0.25, 0.3) is 0 Å². The maximum Gasteiger partial charge on any atom is 0.239 e. The summed E-state index contributed by atoms with van der Waals surface area (Å²) in [7, 11) is 0. The SMILES string of the molecule is Cc1ccc(SCCNC(=O)CN2CCCc3c(N)cccc32)cc1. The average molecular weight is 356 g/mol. The number of anilines is 2. The predicted octanol–water partition coefficient (Wildman–Crippen LogP) is 3.24. The summed E-state index contributed by atoms with van der Waals surface area (Å²) >= 11 is 1.76. The molecule has 0 aromatic heterocycles. The predicted molar refractivity (Wildman–Crippen MR) is 106 cm³/mol. The normalized spacial score (nSPS) is 13.4. The number of rotatable bonds is 6. The monoisotopic (exact) mass is 355 g/mol. The molecule has 0 aliphatic carbocycles. The van der Waals surface area contributed by atoms with Crippen LogP contribution in [0, 0.1) is 6.92 Å². The van der Waals surface area contributed by atoms with E-state index >= 15 is 0 Å². The Kier molecular flexibility index (Phi) is 5.87. The molecule has 3 rings (SSSR count). The van der Waals surface area contributed by atoms with Gasteiger partial charge in [-0.3, -0.25) is 4.79 Å². The van der Waals surface area contributed by atoms with E-state index in [1.54, 1.807) is 11.8 Å². The van der Waals surface area contributed by atoms with Gasteiger partial charge >= 0.3 is 0 Å². The highest BCUT2D eigenvalue weighted by atomic mass is 32.2. The highest BCUT2D eigenvalue weighted by Crippen LogP contribution is 2.30. The molecule has 1 amide bonds. The van der Waals surface area contributed by atoms with E-state index in [4.69, 9.17) is 5.73 Å². The first kappa shape index (κ1) is 17.7. The summed E-state index contributed by atoms with van der Waals surface area (Å²) in [6.45, 7) is 4.06. The first-order valence-corrected chi connectivity index (χ1v) is 9.70. The molecule has 0 radical (unpaired) electrons. The zero-order valence-electron chi connectivity index (χ0n) is 14.6. The number of carbonyl (C=O) groups excluding carboxylic acids is 1. The fourth-order valence-electron chi connectivity index (χ4n) is 3.12. The maximum absolute atomic E-state index is 12.3. The van der Waals surface area contributed by atoms with Gasteiger partial charge in [0.15, 0.2) is 0 Å². The highest BCUT2D eigenvalue weighted by Gasteiger charge is 2.20. The molecule has 1 aliphatic rings. The third-order valence-corrected chi connectivity index (χ3v) is 5.45. The quantitative estimate of drug-likeness (QED) is 0.474. The molecular weight excluding hydrogens is 330 g/mol. The van der Waals surface area contributed by atoms with E-state index in [0.717, 1.165) is 36.5 Å². The van der Waals surface area contributed by atoms with Crippen LogP contribution in [0.2, 0.25) is 0 Å². The Morgan fingerprint density at radius 2 is 2.04 bits per heavy atom. The fraction of sp³-hybridized carbons (Fsp3) is 0.350. The molecule has 2 aromatic carbocycles. The number of carbonyl (C=O) groups is 1. The summed E-state index contributed by atoms with van der Waals surface area (Å²) in [6.07, 6.45) is 2.03. The number of nitrogens with zero attached hydrogens (tertiary/aromatic N) is 1. The van der Waals surface area contributed by atoms with Crippen LogP contribution in [0.1, 0.15) is 17.5 Å². The molecule has 0 unspecified atom stereocenters. The minimum absolute atomic E-state index is 0.0692. The van der Waals surface area contributed by atoms with Gasteiger partial charge in [0.2, 0.25) is 5.91 Å². The van der Waals surface area contributed by atoms with Gasteiger partial charge in [-0.05, 0) is 49.6 Å². The van der Waals surface area contributed by atoms with Gasteiger partial charge in [0.1, 0.15) is 0 Å². The van der Waals surface area contributed by atoms with E-state index in [1.165, 1.54) is 16.0 Å². The third kappa shape index (κ3) is 4.69. The highest BCUT2D eigenvalue weighted by molar-refractivity contribution is 7.99. The summed E-state index contributed by atoms with van der Waals surface area (Å²) in [5, 5.41) is 3.02. The van der Waals surface area contributed by atoms with E-state index in [2.05, 4.69) is 47.5 Å². The van der Waals surface area contributed by atoms with Crippen molar-refractivity contribution in [2.24, 2.45) is 0 Å². The molecular formula is C20H25N3OS. The van der Waals surface area contributed by atoms with Crippen LogP contribution in [0.4, 0.5) is 11.4 Å². The molecule has 1 aliphatic heterocycles. The van der Waals surface area contributed by atoms with Crippen molar-refractivity contribution in [1.29, 1.82) is 0 Å².